The normalized spacial score (nSPS) is 20.4. The standard InChI is InChI=1S/C17H34N4O/c1-3-18-17(20-15-7-5-4-6-8-15)19-11-12-21(13-14-22-2)16-9-10-16/h15-16H,3-14H2,1-2H3,(H2,18,19,20). The summed E-state index contributed by atoms with van der Waals surface area (Å²) in [6, 6.07) is 1.39. The van der Waals surface area contributed by atoms with Crippen LogP contribution in [0.2, 0.25) is 0 Å². The summed E-state index contributed by atoms with van der Waals surface area (Å²) < 4.78 is 5.21. The predicted molar refractivity (Wildman–Crippen MR) is 92.5 cm³/mol. The Kier molecular flexibility index (Phi) is 8.02. The fourth-order valence-electron chi connectivity index (χ4n) is 3.18. The Bertz CT molecular complexity index is 325. The number of rotatable bonds is 9. The van der Waals surface area contributed by atoms with Gasteiger partial charge in [0.25, 0.3) is 0 Å². The van der Waals surface area contributed by atoms with Crippen LogP contribution in [0, 0.1) is 0 Å². The van der Waals surface area contributed by atoms with Gasteiger partial charge in [-0.2, -0.15) is 0 Å². The largest absolute Gasteiger partial charge is 0.383 e. The molecule has 0 aromatic carbocycles. The molecule has 2 fully saturated rings. The van der Waals surface area contributed by atoms with E-state index in [1.165, 1.54) is 44.9 Å². The highest BCUT2D eigenvalue weighted by Crippen LogP contribution is 2.26. The molecule has 0 bridgehead atoms. The van der Waals surface area contributed by atoms with Crippen LogP contribution in [0.4, 0.5) is 0 Å². The van der Waals surface area contributed by atoms with E-state index in [9.17, 15) is 0 Å². The van der Waals surface area contributed by atoms with Crippen LogP contribution in [0.3, 0.4) is 0 Å². The third kappa shape index (κ3) is 6.53. The summed E-state index contributed by atoms with van der Waals surface area (Å²) in [4.78, 5) is 7.30. The zero-order chi connectivity index (χ0) is 15.6. The van der Waals surface area contributed by atoms with Gasteiger partial charge in [0.05, 0.1) is 13.2 Å². The molecule has 0 heterocycles. The maximum Gasteiger partial charge on any atom is 0.191 e. The first-order chi connectivity index (χ1) is 10.8. The average Bonchev–Trinajstić information content (AvgIpc) is 3.36. The summed E-state index contributed by atoms with van der Waals surface area (Å²) in [6.45, 7) is 6.81. The van der Waals surface area contributed by atoms with Crippen LogP contribution in [-0.4, -0.2) is 62.8 Å². The van der Waals surface area contributed by atoms with Gasteiger partial charge in [0.1, 0.15) is 0 Å². The first kappa shape index (κ1) is 17.5. The summed E-state index contributed by atoms with van der Waals surface area (Å²) in [6.07, 6.45) is 9.34. The molecule has 0 aromatic rings. The summed E-state index contributed by atoms with van der Waals surface area (Å²) in [7, 11) is 1.78. The van der Waals surface area contributed by atoms with Crippen molar-refractivity contribution >= 4 is 5.96 Å². The Balaban J connectivity index is 1.75. The van der Waals surface area contributed by atoms with Gasteiger partial charge < -0.3 is 15.4 Å². The van der Waals surface area contributed by atoms with Crippen molar-refractivity contribution in [3.8, 4) is 0 Å². The zero-order valence-electron chi connectivity index (χ0n) is 14.4. The molecule has 0 saturated heterocycles. The van der Waals surface area contributed by atoms with E-state index in [0.717, 1.165) is 44.8 Å². The molecule has 2 N–H and O–H groups in total. The van der Waals surface area contributed by atoms with E-state index in [-0.39, 0.29) is 0 Å². The number of guanidine groups is 1. The van der Waals surface area contributed by atoms with Crippen molar-refractivity contribution < 1.29 is 4.74 Å². The number of aliphatic imine (C=N–C) groups is 1. The Morgan fingerprint density at radius 3 is 2.55 bits per heavy atom. The molecule has 22 heavy (non-hydrogen) atoms. The number of methoxy groups -OCH3 is 1. The third-order valence-corrected chi connectivity index (χ3v) is 4.59. The molecular formula is C17H34N4O. The van der Waals surface area contributed by atoms with Gasteiger partial charge in [-0.05, 0) is 32.6 Å². The van der Waals surface area contributed by atoms with Crippen LogP contribution >= 0.6 is 0 Å². The van der Waals surface area contributed by atoms with Gasteiger partial charge in [-0.3, -0.25) is 9.89 Å². The monoisotopic (exact) mass is 310 g/mol. The lowest BCUT2D eigenvalue weighted by atomic mass is 9.96. The van der Waals surface area contributed by atoms with Crippen molar-refractivity contribution in [1.82, 2.24) is 15.5 Å². The fourth-order valence-corrected chi connectivity index (χ4v) is 3.18. The minimum absolute atomic E-state index is 0.611. The van der Waals surface area contributed by atoms with Gasteiger partial charge in [-0.1, -0.05) is 19.3 Å². The van der Waals surface area contributed by atoms with Crippen LogP contribution in [-0.2, 0) is 4.74 Å². The Labute approximate surface area is 135 Å². The molecule has 5 heteroatoms. The third-order valence-electron chi connectivity index (χ3n) is 4.59. The quantitative estimate of drug-likeness (QED) is 0.505. The first-order valence-electron chi connectivity index (χ1n) is 9.11. The van der Waals surface area contributed by atoms with Crippen molar-refractivity contribution in [1.29, 1.82) is 0 Å². The van der Waals surface area contributed by atoms with Crippen molar-refractivity contribution in [2.24, 2.45) is 4.99 Å². The Hall–Kier alpha value is -0.810. The van der Waals surface area contributed by atoms with Gasteiger partial charge >= 0.3 is 0 Å². The number of ether oxygens (including phenoxy) is 1. The van der Waals surface area contributed by atoms with Crippen LogP contribution in [0.5, 0.6) is 0 Å². The van der Waals surface area contributed by atoms with E-state index in [4.69, 9.17) is 9.73 Å². The Morgan fingerprint density at radius 2 is 1.91 bits per heavy atom. The number of hydrogen-bond donors (Lipinski definition) is 2. The minimum atomic E-state index is 0.611. The predicted octanol–water partition coefficient (Wildman–Crippen LogP) is 1.99. The average molecular weight is 310 g/mol. The lowest BCUT2D eigenvalue weighted by Crippen LogP contribution is -2.44. The van der Waals surface area contributed by atoms with Gasteiger partial charge in [0, 0.05) is 38.8 Å². The van der Waals surface area contributed by atoms with E-state index in [0.29, 0.717) is 6.04 Å². The fraction of sp³-hybridized carbons (Fsp3) is 0.941. The van der Waals surface area contributed by atoms with Gasteiger partial charge in [0.15, 0.2) is 5.96 Å². The zero-order valence-corrected chi connectivity index (χ0v) is 14.4. The second-order valence-electron chi connectivity index (χ2n) is 6.50. The van der Waals surface area contributed by atoms with Crippen LogP contribution in [0.1, 0.15) is 51.9 Å². The SMILES string of the molecule is CCNC(=NCCN(CCOC)C1CC1)NC1CCCCC1. The first-order valence-corrected chi connectivity index (χ1v) is 9.11. The van der Waals surface area contributed by atoms with E-state index >= 15 is 0 Å². The summed E-state index contributed by atoms with van der Waals surface area (Å²) >= 11 is 0. The number of nitrogens with one attached hydrogen (secondary N) is 2. The van der Waals surface area contributed by atoms with Crippen molar-refractivity contribution in [2.75, 3.05) is 39.9 Å². The molecule has 0 spiro atoms. The maximum atomic E-state index is 5.21. The molecule has 2 aliphatic rings. The number of hydrogen-bond acceptors (Lipinski definition) is 3. The lowest BCUT2D eigenvalue weighted by Gasteiger charge is -2.25. The molecule has 0 aliphatic heterocycles. The highest BCUT2D eigenvalue weighted by atomic mass is 16.5. The van der Waals surface area contributed by atoms with E-state index in [2.05, 4.69) is 22.5 Å². The summed E-state index contributed by atoms with van der Waals surface area (Å²) in [5.74, 6) is 0.997. The number of nitrogens with zero attached hydrogens (tertiary/aromatic N) is 2. The Morgan fingerprint density at radius 1 is 1.14 bits per heavy atom. The molecule has 0 amide bonds. The molecule has 128 valence electrons. The highest BCUT2D eigenvalue weighted by Gasteiger charge is 2.28. The molecule has 2 rings (SSSR count). The molecule has 0 unspecified atom stereocenters. The van der Waals surface area contributed by atoms with Gasteiger partial charge in [-0.25, -0.2) is 0 Å². The highest BCUT2D eigenvalue weighted by molar-refractivity contribution is 5.80. The van der Waals surface area contributed by atoms with Crippen molar-refractivity contribution in [3.63, 3.8) is 0 Å². The van der Waals surface area contributed by atoms with Gasteiger partial charge in [0.2, 0.25) is 0 Å². The summed E-state index contributed by atoms with van der Waals surface area (Å²) in [5.41, 5.74) is 0. The molecule has 0 aromatic heterocycles. The van der Waals surface area contributed by atoms with E-state index in [1.807, 2.05) is 0 Å². The van der Waals surface area contributed by atoms with Crippen LogP contribution in [0.25, 0.3) is 0 Å². The molecular weight excluding hydrogens is 276 g/mol. The molecule has 5 nitrogen and oxygen atoms in total. The van der Waals surface area contributed by atoms with E-state index in [1.54, 1.807) is 7.11 Å². The lowest BCUT2D eigenvalue weighted by molar-refractivity contribution is 0.145. The molecule has 0 atom stereocenters. The van der Waals surface area contributed by atoms with E-state index < -0.39 is 0 Å². The van der Waals surface area contributed by atoms with Gasteiger partial charge in [-0.15, -0.1) is 0 Å². The van der Waals surface area contributed by atoms with Crippen molar-refractivity contribution in [2.45, 2.75) is 64.0 Å². The second-order valence-corrected chi connectivity index (χ2v) is 6.50. The van der Waals surface area contributed by atoms with Crippen LogP contribution < -0.4 is 10.6 Å². The molecule has 2 aliphatic carbocycles. The maximum absolute atomic E-state index is 5.21. The molecule has 0 radical (unpaired) electrons. The minimum Gasteiger partial charge on any atom is -0.383 e. The topological polar surface area (TPSA) is 48.9 Å². The summed E-state index contributed by atoms with van der Waals surface area (Å²) in [5, 5.41) is 7.00. The van der Waals surface area contributed by atoms with Crippen LogP contribution in [0.15, 0.2) is 4.99 Å². The van der Waals surface area contributed by atoms with Crippen molar-refractivity contribution in [3.05, 3.63) is 0 Å². The second kappa shape index (κ2) is 10.1. The molecule has 2 saturated carbocycles. The smallest absolute Gasteiger partial charge is 0.191 e.